The zero-order valence-corrected chi connectivity index (χ0v) is 16.2. The number of aryl methyl sites for hydroxylation is 2. The lowest BCUT2D eigenvalue weighted by Gasteiger charge is -2.26. The molecule has 1 aliphatic rings. The molecule has 0 bridgehead atoms. The fourth-order valence-electron chi connectivity index (χ4n) is 3.86. The van der Waals surface area contributed by atoms with Gasteiger partial charge in [0.15, 0.2) is 0 Å². The molecule has 1 unspecified atom stereocenters. The van der Waals surface area contributed by atoms with Crippen LogP contribution in [-0.4, -0.2) is 20.9 Å². The average molecular weight is 389 g/mol. The van der Waals surface area contributed by atoms with Gasteiger partial charge >= 0.3 is 0 Å². The Balaban J connectivity index is 1.52. The van der Waals surface area contributed by atoms with Gasteiger partial charge in [0.05, 0.1) is 12.5 Å². The molecule has 4 N–H and O–H groups in total. The van der Waals surface area contributed by atoms with Crippen LogP contribution < -0.4 is 16.6 Å². The van der Waals surface area contributed by atoms with E-state index >= 15 is 0 Å². The standard InChI is InChI=1S/C22H23N5O2/c1-13-18(22(29)27-21(25-13)14-7-9-24-10-8-14)12-20(28)26-19-4-2-3-15-11-16(23)5-6-17(15)19/h5-11,19H,2-4,12,23H2,1H3,(H,26,28)(H,25,27,29). The first-order chi connectivity index (χ1) is 14.0. The molecule has 4 rings (SSSR count). The number of pyridine rings is 1. The van der Waals surface area contributed by atoms with Crippen molar-refractivity contribution in [2.45, 2.75) is 38.6 Å². The Morgan fingerprint density at radius 2 is 2.07 bits per heavy atom. The fourth-order valence-corrected chi connectivity index (χ4v) is 3.86. The van der Waals surface area contributed by atoms with Crippen LogP contribution in [0, 0.1) is 6.92 Å². The molecule has 0 saturated heterocycles. The topological polar surface area (TPSA) is 114 Å². The molecule has 29 heavy (non-hydrogen) atoms. The van der Waals surface area contributed by atoms with E-state index in [4.69, 9.17) is 5.73 Å². The van der Waals surface area contributed by atoms with Crippen LogP contribution in [0.4, 0.5) is 5.69 Å². The Hall–Kier alpha value is -3.48. The number of hydrogen-bond donors (Lipinski definition) is 3. The molecule has 0 aliphatic heterocycles. The largest absolute Gasteiger partial charge is 0.399 e. The molecule has 3 aromatic rings. The quantitative estimate of drug-likeness (QED) is 0.593. The molecule has 0 fully saturated rings. The van der Waals surface area contributed by atoms with Crippen molar-refractivity contribution in [1.29, 1.82) is 0 Å². The predicted molar refractivity (Wildman–Crippen MR) is 111 cm³/mol. The first-order valence-electron chi connectivity index (χ1n) is 9.69. The van der Waals surface area contributed by atoms with Gasteiger partial charge in [-0.25, -0.2) is 4.98 Å². The summed E-state index contributed by atoms with van der Waals surface area (Å²) in [5.41, 5.74) is 10.3. The van der Waals surface area contributed by atoms with Crippen molar-refractivity contribution in [1.82, 2.24) is 20.3 Å². The van der Waals surface area contributed by atoms with Crippen LogP contribution in [0.2, 0.25) is 0 Å². The molecule has 1 atom stereocenters. The summed E-state index contributed by atoms with van der Waals surface area (Å²) in [7, 11) is 0. The number of nitrogens with one attached hydrogen (secondary N) is 2. The third-order valence-electron chi connectivity index (χ3n) is 5.33. The number of amides is 1. The van der Waals surface area contributed by atoms with E-state index in [9.17, 15) is 9.59 Å². The van der Waals surface area contributed by atoms with Crippen LogP contribution in [0.25, 0.3) is 11.4 Å². The number of hydrogen-bond acceptors (Lipinski definition) is 5. The van der Waals surface area contributed by atoms with E-state index in [0.29, 0.717) is 17.1 Å². The number of aromatic amines is 1. The summed E-state index contributed by atoms with van der Waals surface area (Å²) < 4.78 is 0. The van der Waals surface area contributed by atoms with Crippen LogP contribution in [0.3, 0.4) is 0 Å². The number of carbonyl (C=O) groups excluding carboxylic acids is 1. The van der Waals surface area contributed by atoms with Gasteiger partial charge in [-0.15, -0.1) is 0 Å². The lowest BCUT2D eigenvalue weighted by Crippen LogP contribution is -2.34. The summed E-state index contributed by atoms with van der Waals surface area (Å²) in [6.45, 7) is 1.75. The number of benzene rings is 1. The minimum absolute atomic E-state index is 0.00834. The molecule has 1 aliphatic carbocycles. The molecule has 0 radical (unpaired) electrons. The molecule has 0 saturated carbocycles. The maximum atomic E-state index is 12.7. The van der Waals surface area contributed by atoms with Gasteiger partial charge in [-0.2, -0.15) is 0 Å². The van der Waals surface area contributed by atoms with Crippen molar-refractivity contribution in [2.24, 2.45) is 0 Å². The highest BCUT2D eigenvalue weighted by atomic mass is 16.2. The van der Waals surface area contributed by atoms with E-state index in [2.05, 4.69) is 20.3 Å². The third kappa shape index (κ3) is 4.03. The van der Waals surface area contributed by atoms with Gasteiger partial charge < -0.3 is 16.0 Å². The number of aromatic nitrogens is 3. The number of nitrogens with two attached hydrogens (primary N) is 1. The zero-order chi connectivity index (χ0) is 20.4. The predicted octanol–water partition coefficient (Wildman–Crippen LogP) is 2.46. The Bertz CT molecular complexity index is 1110. The number of H-pyrrole nitrogens is 1. The third-order valence-corrected chi connectivity index (χ3v) is 5.33. The number of carbonyl (C=O) groups is 1. The summed E-state index contributed by atoms with van der Waals surface area (Å²) in [6.07, 6.45) is 6.10. The second-order valence-corrected chi connectivity index (χ2v) is 7.36. The van der Waals surface area contributed by atoms with E-state index in [1.807, 2.05) is 18.2 Å². The monoisotopic (exact) mass is 389 g/mol. The molecule has 1 amide bonds. The van der Waals surface area contributed by atoms with Gasteiger partial charge in [-0.3, -0.25) is 14.6 Å². The number of rotatable bonds is 4. The Labute approximate surface area is 168 Å². The average Bonchev–Trinajstić information content (AvgIpc) is 2.71. The second-order valence-electron chi connectivity index (χ2n) is 7.36. The zero-order valence-electron chi connectivity index (χ0n) is 16.2. The van der Waals surface area contributed by atoms with E-state index in [0.717, 1.165) is 36.1 Å². The lowest BCUT2D eigenvalue weighted by molar-refractivity contribution is -0.121. The van der Waals surface area contributed by atoms with Gasteiger partial charge in [0.2, 0.25) is 5.91 Å². The summed E-state index contributed by atoms with van der Waals surface area (Å²) in [6, 6.07) is 9.31. The molecule has 7 heteroatoms. The maximum Gasteiger partial charge on any atom is 0.255 e. The first-order valence-corrected chi connectivity index (χ1v) is 9.69. The van der Waals surface area contributed by atoms with Crippen LogP contribution in [0.15, 0.2) is 47.5 Å². The maximum absolute atomic E-state index is 12.7. The van der Waals surface area contributed by atoms with Crippen molar-refractivity contribution in [3.63, 3.8) is 0 Å². The van der Waals surface area contributed by atoms with Crippen molar-refractivity contribution < 1.29 is 4.79 Å². The lowest BCUT2D eigenvalue weighted by atomic mass is 9.87. The van der Waals surface area contributed by atoms with Crippen LogP contribution >= 0.6 is 0 Å². The molecular weight excluding hydrogens is 366 g/mol. The van der Waals surface area contributed by atoms with Crippen molar-refractivity contribution in [3.8, 4) is 11.4 Å². The Kier molecular flexibility index (Phi) is 5.12. The molecule has 2 aromatic heterocycles. The van der Waals surface area contributed by atoms with E-state index in [1.165, 1.54) is 5.56 Å². The number of nitrogen functional groups attached to an aromatic ring is 1. The van der Waals surface area contributed by atoms with E-state index < -0.39 is 0 Å². The highest BCUT2D eigenvalue weighted by Gasteiger charge is 2.23. The minimum Gasteiger partial charge on any atom is -0.399 e. The van der Waals surface area contributed by atoms with Gasteiger partial charge in [-0.1, -0.05) is 6.07 Å². The molecule has 2 heterocycles. The number of anilines is 1. The number of fused-ring (bicyclic) bond motifs is 1. The van der Waals surface area contributed by atoms with Gasteiger partial charge in [0.25, 0.3) is 5.56 Å². The highest BCUT2D eigenvalue weighted by Crippen LogP contribution is 2.31. The molecule has 1 aromatic carbocycles. The molecular formula is C22H23N5O2. The SMILES string of the molecule is Cc1nc(-c2ccncc2)[nH]c(=O)c1CC(=O)NC1CCCc2cc(N)ccc21. The van der Waals surface area contributed by atoms with Gasteiger partial charge in [0.1, 0.15) is 5.82 Å². The van der Waals surface area contributed by atoms with Crippen LogP contribution in [-0.2, 0) is 17.6 Å². The molecule has 7 nitrogen and oxygen atoms in total. The van der Waals surface area contributed by atoms with E-state index in [1.54, 1.807) is 31.5 Å². The normalized spacial score (nSPS) is 15.6. The fraction of sp³-hybridized carbons (Fsp3) is 0.273. The molecule has 148 valence electrons. The number of nitrogens with zero attached hydrogens (tertiary/aromatic N) is 2. The van der Waals surface area contributed by atoms with Crippen molar-refractivity contribution in [3.05, 3.63) is 75.5 Å². The molecule has 0 spiro atoms. The second kappa shape index (κ2) is 7.87. The van der Waals surface area contributed by atoms with Crippen LogP contribution in [0.1, 0.15) is 41.3 Å². The van der Waals surface area contributed by atoms with Gasteiger partial charge in [-0.05, 0) is 61.6 Å². The van der Waals surface area contributed by atoms with Crippen molar-refractivity contribution >= 4 is 11.6 Å². The first kappa shape index (κ1) is 18.9. The van der Waals surface area contributed by atoms with Crippen molar-refractivity contribution in [2.75, 3.05) is 5.73 Å². The highest BCUT2D eigenvalue weighted by molar-refractivity contribution is 5.79. The van der Waals surface area contributed by atoms with Gasteiger partial charge in [0, 0.05) is 34.9 Å². The summed E-state index contributed by atoms with van der Waals surface area (Å²) in [4.78, 5) is 36.5. The van der Waals surface area contributed by atoms with Crippen LogP contribution in [0.5, 0.6) is 0 Å². The summed E-state index contributed by atoms with van der Waals surface area (Å²) in [5, 5.41) is 3.08. The minimum atomic E-state index is -0.295. The Morgan fingerprint density at radius 3 is 2.83 bits per heavy atom. The van der Waals surface area contributed by atoms with E-state index in [-0.39, 0.29) is 23.9 Å². The smallest absolute Gasteiger partial charge is 0.255 e. The Morgan fingerprint density at radius 1 is 1.28 bits per heavy atom. The summed E-state index contributed by atoms with van der Waals surface area (Å²) in [5.74, 6) is 0.282. The summed E-state index contributed by atoms with van der Waals surface area (Å²) >= 11 is 0.